The zero-order valence-corrected chi connectivity index (χ0v) is 18.8. The summed E-state index contributed by atoms with van der Waals surface area (Å²) in [6.45, 7) is 5.43. The van der Waals surface area contributed by atoms with Crippen molar-refractivity contribution in [1.29, 1.82) is 0 Å². The lowest BCUT2D eigenvalue weighted by molar-refractivity contribution is -0.146. The van der Waals surface area contributed by atoms with Crippen LogP contribution in [0.3, 0.4) is 0 Å². The molecule has 1 N–H and O–H groups in total. The molecule has 2 aromatic rings. The van der Waals surface area contributed by atoms with Crippen LogP contribution < -0.4 is 10.1 Å². The largest absolute Gasteiger partial charge is 0.478 e. The van der Waals surface area contributed by atoms with Crippen molar-refractivity contribution in [2.24, 2.45) is 0 Å². The van der Waals surface area contributed by atoms with E-state index in [0.717, 1.165) is 0 Å². The number of likely N-dealkylation sites (tertiary alicyclic amines) is 1. The molecule has 9 nitrogen and oxygen atoms in total. The molecule has 2 amide bonds. The number of nitrogens with zero attached hydrogens (tertiary/aromatic N) is 4. The van der Waals surface area contributed by atoms with E-state index in [2.05, 4.69) is 31.6 Å². The number of benzene rings is 1. The number of hydrogen-bond acceptors (Lipinski definition) is 6. The summed E-state index contributed by atoms with van der Waals surface area (Å²) in [5.41, 5.74) is -0.365. The SMILES string of the molecule is CCC(Oc1ccc(Br)cc1F)C(=O)N1CC(C)(NC(=O)c2cn(C3COC3)nn2)C1. The molecule has 4 rings (SSSR count). The van der Waals surface area contributed by atoms with Crippen molar-refractivity contribution in [3.05, 3.63) is 40.4 Å². The second-order valence-electron chi connectivity index (χ2n) is 8.07. The highest BCUT2D eigenvalue weighted by Crippen LogP contribution is 2.26. The quantitative estimate of drug-likeness (QED) is 0.630. The van der Waals surface area contributed by atoms with Crippen molar-refractivity contribution in [1.82, 2.24) is 25.2 Å². The Morgan fingerprint density at radius 3 is 2.77 bits per heavy atom. The first-order valence-corrected chi connectivity index (χ1v) is 10.8. The van der Waals surface area contributed by atoms with Crippen LogP contribution in [0.25, 0.3) is 0 Å². The number of amides is 2. The predicted octanol–water partition coefficient (Wildman–Crippen LogP) is 1.94. The Morgan fingerprint density at radius 2 is 2.16 bits per heavy atom. The normalized spacial score (nSPS) is 18.6. The van der Waals surface area contributed by atoms with Gasteiger partial charge in [-0.1, -0.05) is 28.1 Å². The highest BCUT2D eigenvalue weighted by Gasteiger charge is 2.44. The average Bonchev–Trinajstić information content (AvgIpc) is 3.13. The van der Waals surface area contributed by atoms with Crippen LogP contribution in [0.15, 0.2) is 28.9 Å². The van der Waals surface area contributed by atoms with E-state index < -0.39 is 17.5 Å². The smallest absolute Gasteiger partial charge is 0.274 e. The summed E-state index contributed by atoms with van der Waals surface area (Å²) in [7, 11) is 0. The Labute approximate surface area is 187 Å². The summed E-state index contributed by atoms with van der Waals surface area (Å²) in [5, 5.41) is 10.8. The van der Waals surface area contributed by atoms with Crippen molar-refractivity contribution in [3.8, 4) is 5.75 Å². The summed E-state index contributed by atoms with van der Waals surface area (Å²) >= 11 is 3.20. The maximum absolute atomic E-state index is 14.1. The first-order chi connectivity index (χ1) is 14.8. The van der Waals surface area contributed by atoms with Crippen molar-refractivity contribution in [2.45, 2.75) is 38.0 Å². The van der Waals surface area contributed by atoms with E-state index in [1.807, 2.05) is 6.92 Å². The van der Waals surface area contributed by atoms with Crippen LogP contribution in [-0.2, 0) is 9.53 Å². The molecule has 2 aliphatic heterocycles. The lowest BCUT2D eigenvalue weighted by Gasteiger charge is -2.48. The Hall–Kier alpha value is -2.53. The molecule has 0 radical (unpaired) electrons. The van der Waals surface area contributed by atoms with Crippen molar-refractivity contribution in [3.63, 3.8) is 0 Å². The van der Waals surface area contributed by atoms with Crippen molar-refractivity contribution in [2.75, 3.05) is 26.3 Å². The summed E-state index contributed by atoms with van der Waals surface area (Å²) in [6.07, 6.45) is 1.18. The van der Waals surface area contributed by atoms with Gasteiger partial charge in [-0.3, -0.25) is 9.59 Å². The molecular weight excluding hydrogens is 473 g/mol. The van der Waals surface area contributed by atoms with Gasteiger partial charge in [0.25, 0.3) is 11.8 Å². The van der Waals surface area contributed by atoms with Gasteiger partial charge in [-0.2, -0.15) is 0 Å². The average molecular weight is 496 g/mol. The summed E-state index contributed by atoms with van der Waals surface area (Å²) in [5.74, 6) is -1.10. The Balaban J connectivity index is 1.32. The number of carbonyl (C=O) groups is 2. The molecule has 1 aromatic heterocycles. The molecule has 0 bridgehead atoms. The standard InChI is InChI=1S/C20H23BrFN5O4/c1-3-16(31-17-5-4-12(21)6-14(17)22)19(29)26-10-20(2,11-26)23-18(28)15-7-27(25-24-15)13-8-30-9-13/h4-7,13,16H,3,8-11H2,1-2H3,(H,23,28). The summed E-state index contributed by atoms with van der Waals surface area (Å²) in [4.78, 5) is 26.9. The molecule has 1 atom stereocenters. The van der Waals surface area contributed by atoms with Gasteiger partial charge >= 0.3 is 0 Å². The maximum atomic E-state index is 14.1. The highest BCUT2D eigenvalue weighted by molar-refractivity contribution is 9.10. The van der Waals surface area contributed by atoms with Gasteiger partial charge in [-0.15, -0.1) is 5.10 Å². The fourth-order valence-corrected chi connectivity index (χ4v) is 3.87. The van der Waals surface area contributed by atoms with E-state index in [1.165, 1.54) is 12.1 Å². The van der Waals surface area contributed by atoms with Crippen LogP contribution in [-0.4, -0.2) is 69.7 Å². The van der Waals surface area contributed by atoms with E-state index in [1.54, 1.807) is 28.8 Å². The molecule has 166 valence electrons. The first kappa shape index (κ1) is 21.7. The predicted molar refractivity (Wildman–Crippen MR) is 111 cm³/mol. The molecule has 2 aliphatic rings. The minimum Gasteiger partial charge on any atom is -0.478 e. The number of halogens is 2. The topological polar surface area (TPSA) is 98.6 Å². The van der Waals surface area contributed by atoms with Crippen LogP contribution in [0, 0.1) is 5.82 Å². The molecular formula is C20H23BrFN5O4. The number of carbonyl (C=O) groups excluding carboxylic acids is 2. The zero-order valence-electron chi connectivity index (χ0n) is 17.2. The lowest BCUT2D eigenvalue weighted by atomic mass is 9.91. The van der Waals surface area contributed by atoms with E-state index in [-0.39, 0.29) is 29.3 Å². The van der Waals surface area contributed by atoms with Gasteiger partial charge in [0.2, 0.25) is 0 Å². The number of rotatable bonds is 7. The molecule has 0 saturated carbocycles. The number of aromatic nitrogens is 3. The third kappa shape index (κ3) is 4.57. The van der Waals surface area contributed by atoms with Gasteiger partial charge < -0.3 is 19.7 Å². The van der Waals surface area contributed by atoms with Gasteiger partial charge in [-0.25, -0.2) is 9.07 Å². The van der Waals surface area contributed by atoms with Crippen molar-refractivity contribution < 1.29 is 23.5 Å². The lowest BCUT2D eigenvalue weighted by Crippen LogP contribution is -2.71. The second kappa shape index (κ2) is 8.54. The van der Waals surface area contributed by atoms with Gasteiger partial charge in [0.1, 0.15) is 6.04 Å². The Bertz CT molecular complexity index is 990. The maximum Gasteiger partial charge on any atom is 0.274 e. The highest BCUT2D eigenvalue weighted by atomic mass is 79.9. The minimum absolute atomic E-state index is 0.0277. The monoisotopic (exact) mass is 495 g/mol. The molecule has 2 saturated heterocycles. The molecule has 1 unspecified atom stereocenters. The van der Waals surface area contributed by atoms with Gasteiger partial charge in [0.15, 0.2) is 23.4 Å². The molecule has 3 heterocycles. The fraction of sp³-hybridized carbons (Fsp3) is 0.500. The second-order valence-corrected chi connectivity index (χ2v) is 8.99. The van der Waals surface area contributed by atoms with E-state index >= 15 is 0 Å². The van der Waals surface area contributed by atoms with Crippen LogP contribution in [0.2, 0.25) is 0 Å². The zero-order chi connectivity index (χ0) is 22.2. The molecule has 0 spiro atoms. The third-order valence-electron chi connectivity index (χ3n) is 5.35. The first-order valence-electron chi connectivity index (χ1n) is 10.0. The minimum atomic E-state index is -0.805. The van der Waals surface area contributed by atoms with Gasteiger partial charge in [0, 0.05) is 17.6 Å². The Morgan fingerprint density at radius 1 is 1.42 bits per heavy atom. The third-order valence-corrected chi connectivity index (χ3v) is 5.85. The molecule has 0 aliphatic carbocycles. The molecule has 31 heavy (non-hydrogen) atoms. The van der Waals surface area contributed by atoms with Crippen LogP contribution >= 0.6 is 15.9 Å². The number of ether oxygens (including phenoxy) is 2. The molecule has 2 fully saturated rings. The van der Waals surface area contributed by atoms with E-state index in [9.17, 15) is 14.0 Å². The molecule has 1 aromatic carbocycles. The van der Waals surface area contributed by atoms with Gasteiger partial charge in [-0.05, 0) is 31.5 Å². The number of hydrogen-bond donors (Lipinski definition) is 1. The summed E-state index contributed by atoms with van der Waals surface area (Å²) in [6, 6.07) is 4.54. The summed E-state index contributed by atoms with van der Waals surface area (Å²) < 4.78 is 27.0. The molecule has 11 heteroatoms. The van der Waals surface area contributed by atoms with Crippen LogP contribution in [0.4, 0.5) is 4.39 Å². The number of nitrogens with one attached hydrogen (secondary N) is 1. The van der Waals surface area contributed by atoms with Crippen LogP contribution in [0.1, 0.15) is 36.8 Å². The Kier molecular flexibility index (Phi) is 5.98. The van der Waals surface area contributed by atoms with E-state index in [0.29, 0.717) is 37.2 Å². The van der Waals surface area contributed by atoms with Gasteiger partial charge in [0.05, 0.1) is 24.9 Å². The van der Waals surface area contributed by atoms with Crippen LogP contribution in [0.5, 0.6) is 5.75 Å². The van der Waals surface area contributed by atoms with Crippen molar-refractivity contribution >= 4 is 27.7 Å². The van der Waals surface area contributed by atoms with E-state index in [4.69, 9.17) is 9.47 Å². The fourth-order valence-electron chi connectivity index (χ4n) is 3.54.